The first-order valence-corrected chi connectivity index (χ1v) is 24.9. The van der Waals surface area contributed by atoms with E-state index in [0.29, 0.717) is 47.3 Å². The van der Waals surface area contributed by atoms with Crippen molar-refractivity contribution in [1.29, 1.82) is 0 Å². The molecule has 6 atom stereocenters. The number of aliphatic hydroxyl groups excluding tert-OH is 2. The molecule has 6 unspecified atom stereocenters. The van der Waals surface area contributed by atoms with Crippen LogP contribution in [-0.2, 0) is 27.5 Å². The largest absolute Gasteiger partial charge is 0.459 e. The van der Waals surface area contributed by atoms with Gasteiger partial charge in [-0.2, -0.15) is 0 Å². The minimum Gasteiger partial charge on any atom is -0.459 e. The van der Waals surface area contributed by atoms with E-state index in [4.69, 9.17) is 50.0 Å². The predicted octanol–water partition coefficient (Wildman–Crippen LogP) is 11.6. The Morgan fingerprint density at radius 3 is 2.29 bits per heavy atom. The Balaban J connectivity index is 1.21. The Kier molecular flexibility index (Phi) is 16.1. The molecule has 0 spiro atoms. The molecule has 12 nitrogen and oxygen atoms in total. The Bertz CT molecular complexity index is 2610. The second-order valence-electron chi connectivity index (χ2n) is 18.1. The van der Waals surface area contributed by atoms with E-state index in [1.807, 2.05) is 91.0 Å². The highest BCUT2D eigenvalue weighted by Crippen LogP contribution is 2.62. The highest BCUT2D eigenvalue weighted by Gasteiger charge is 2.65. The number of halogens is 1. The van der Waals surface area contributed by atoms with Gasteiger partial charge in [0.05, 0.1) is 24.1 Å². The zero-order chi connectivity index (χ0) is 48.3. The third-order valence-electron chi connectivity index (χ3n) is 13.8. The van der Waals surface area contributed by atoms with Crippen LogP contribution in [0.15, 0.2) is 151 Å². The van der Waals surface area contributed by atoms with Crippen LogP contribution in [0.4, 0.5) is 4.79 Å². The van der Waals surface area contributed by atoms with Crippen LogP contribution in [-0.4, -0.2) is 77.8 Å². The van der Waals surface area contributed by atoms with Gasteiger partial charge in [0, 0.05) is 37.7 Å². The van der Waals surface area contributed by atoms with Gasteiger partial charge < -0.3 is 43.5 Å². The number of allylic oxidation sites excluding steroid dienone is 1. The molecule has 0 radical (unpaired) electrons. The number of rotatable bonds is 22. The van der Waals surface area contributed by atoms with Crippen molar-refractivity contribution in [2.45, 2.75) is 75.8 Å². The first-order chi connectivity index (χ1) is 34.4. The van der Waals surface area contributed by atoms with Gasteiger partial charge in [-0.25, -0.2) is 4.79 Å². The number of alkyl halides is 1. The number of unbranched alkanes of at least 4 members (excludes halogenated alkanes) is 2. The number of ether oxygens (including phenoxy) is 6. The number of hydrogen-bond donors (Lipinski definition) is 2. The smallest absolute Gasteiger partial charge is 0.410 e. The summed E-state index contributed by atoms with van der Waals surface area (Å²) in [6, 6.07) is 38.9. The van der Waals surface area contributed by atoms with Gasteiger partial charge in [-0.05, 0) is 108 Å². The van der Waals surface area contributed by atoms with Gasteiger partial charge in [-0.1, -0.05) is 109 Å². The number of aliphatic hydroxyl groups is 2. The topological polar surface area (TPSA) is 138 Å². The third-order valence-corrected chi connectivity index (χ3v) is 13.9. The van der Waals surface area contributed by atoms with E-state index < -0.39 is 23.8 Å². The maximum absolute atomic E-state index is 14.8. The summed E-state index contributed by atoms with van der Waals surface area (Å²) in [7, 11) is 0. The fraction of sp³-hybridized carbons (Fsp3) is 0.368. The first-order valence-electron chi connectivity index (χ1n) is 24.4. The number of hydrogen-bond acceptors (Lipinski definition) is 11. The molecule has 366 valence electrons. The lowest BCUT2D eigenvalue weighted by molar-refractivity contribution is -0.256. The second kappa shape index (κ2) is 23.1. The molecule has 13 heteroatoms. The molecule has 2 aliphatic heterocycles. The maximum atomic E-state index is 14.8. The van der Waals surface area contributed by atoms with E-state index in [0.717, 1.165) is 59.1 Å². The van der Waals surface area contributed by atoms with Crippen LogP contribution in [0.1, 0.15) is 67.6 Å². The molecule has 5 aromatic carbocycles. The molecule has 2 N–H and O–H groups in total. The van der Waals surface area contributed by atoms with Crippen molar-refractivity contribution in [1.82, 2.24) is 4.90 Å². The molecule has 0 saturated heterocycles. The zero-order valence-corrected chi connectivity index (χ0v) is 40.1. The van der Waals surface area contributed by atoms with E-state index in [2.05, 4.69) is 43.0 Å². The monoisotopic (exact) mass is 968 g/mol. The van der Waals surface area contributed by atoms with Gasteiger partial charge in [0.2, 0.25) is 12.6 Å². The van der Waals surface area contributed by atoms with Crippen LogP contribution in [0.3, 0.4) is 0 Å². The minimum absolute atomic E-state index is 0.00417. The van der Waals surface area contributed by atoms with Crippen molar-refractivity contribution in [3.63, 3.8) is 0 Å². The quantitative estimate of drug-likeness (QED) is 0.0298. The summed E-state index contributed by atoms with van der Waals surface area (Å²) in [5.41, 5.74) is 6.43. The van der Waals surface area contributed by atoms with E-state index in [-0.39, 0.29) is 76.4 Å². The lowest BCUT2D eigenvalue weighted by Crippen LogP contribution is -2.70. The van der Waals surface area contributed by atoms with Crippen molar-refractivity contribution < 1.29 is 48.3 Å². The van der Waals surface area contributed by atoms with Gasteiger partial charge in [0.1, 0.15) is 36.5 Å². The van der Waals surface area contributed by atoms with Crippen LogP contribution < -0.4 is 18.9 Å². The Labute approximate surface area is 415 Å². The lowest BCUT2D eigenvalue weighted by atomic mass is 9.55. The van der Waals surface area contributed by atoms with E-state index >= 15 is 0 Å². The second-order valence-corrected chi connectivity index (χ2v) is 18.5. The summed E-state index contributed by atoms with van der Waals surface area (Å²) in [5, 5.41) is 25.1. The van der Waals surface area contributed by atoms with Crippen LogP contribution >= 0.6 is 11.6 Å². The van der Waals surface area contributed by atoms with Gasteiger partial charge >= 0.3 is 6.09 Å². The van der Waals surface area contributed by atoms with Crippen LogP contribution in [0.5, 0.6) is 28.7 Å². The molecular weight excluding hydrogens is 908 g/mol. The SMILES string of the molecule is C=CCOC12Oc3ccc(Oc4ccc(-c5ccccc5)cc4)cc3C3C(CCCCO)C(CCCCO)C=C(C(=NOCc4ccccc4)CC1N(Cc1ccc4c(c1)OCO4)C(=O)OCCCl)C32. The fourth-order valence-corrected chi connectivity index (χ4v) is 10.8. The summed E-state index contributed by atoms with van der Waals surface area (Å²) in [4.78, 5) is 22.8. The number of benzene rings is 5. The Hall–Kier alpha value is -6.31. The van der Waals surface area contributed by atoms with Crippen LogP contribution in [0.25, 0.3) is 11.1 Å². The molecule has 2 heterocycles. The molecule has 1 saturated carbocycles. The Morgan fingerprint density at radius 2 is 1.53 bits per heavy atom. The number of amides is 1. The number of carbonyl (C=O) groups is 1. The molecular formula is C57H61ClN2O10. The van der Waals surface area contributed by atoms with Gasteiger partial charge in [-0.15, -0.1) is 18.2 Å². The van der Waals surface area contributed by atoms with Crippen molar-refractivity contribution in [3.05, 3.63) is 162 Å². The van der Waals surface area contributed by atoms with Crippen molar-refractivity contribution >= 4 is 23.4 Å². The fourth-order valence-electron chi connectivity index (χ4n) is 10.7. The molecule has 0 bridgehead atoms. The van der Waals surface area contributed by atoms with Crippen molar-refractivity contribution in [2.75, 3.05) is 39.1 Å². The number of carbonyl (C=O) groups excluding carboxylic acids is 1. The summed E-state index contributed by atoms with van der Waals surface area (Å²) < 4.78 is 38.7. The maximum Gasteiger partial charge on any atom is 0.410 e. The normalized spacial score (nSPS) is 22.2. The van der Waals surface area contributed by atoms with Gasteiger partial charge in [0.25, 0.3) is 0 Å². The third kappa shape index (κ3) is 10.7. The van der Waals surface area contributed by atoms with E-state index in [1.54, 1.807) is 11.0 Å². The number of fused-ring (bicyclic) bond motifs is 3. The average molecular weight is 970 g/mol. The summed E-state index contributed by atoms with van der Waals surface area (Å²) in [5.74, 6) is 0.912. The molecule has 1 fully saturated rings. The minimum atomic E-state index is -1.52. The van der Waals surface area contributed by atoms with Crippen molar-refractivity contribution in [2.24, 2.45) is 22.9 Å². The first kappa shape index (κ1) is 48.7. The van der Waals surface area contributed by atoms with Crippen LogP contribution in [0.2, 0.25) is 0 Å². The molecule has 9 rings (SSSR count). The highest BCUT2D eigenvalue weighted by molar-refractivity contribution is 6.18. The van der Waals surface area contributed by atoms with Gasteiger partial charge in [-0.3, -0.25) is 4.90 Å². The zero-order valence-electron chi connectivity index (χ0n) is 39.3. The number of oxime groups is 1. The standard InChI is InChI=1S/C57H61ClN2O10/c1-2-30-67-57-53(60(56(63)64-31-27-58)36-40-19-25-51-52(32-40)66-38-65-51)35-49(59-68-37-39-13-5-3-6-14-39)47-33-43(17-9-11-28-61)46(18-10-12-29-62)54(55(47)57)48-34-45(24-26-50(48)70-57)69-44-22-20-42(21-23-44)41-15-7-4-8-16-41/h2-8,13-16,19-26,32-34,43,46,53-55,61-62H,1,9-12,17-18,27-31,35-38H2. The molecule has 4 aliphatic rings. The van der Waals surface area contributed by atoms with Gasteiger partial charge in [0.15, 0.2) is 11.5 Å². The van der Waals surface area contributed by atoms with E-state index in [9.17, 15) is 15.0 Å². The van der Waals surface area contributed by atoms with Crippen LogP contribution in [0, 0.1) is 17.8 Å². The molecule has 70 heavy (non-hydrogen) atoms. The highest BCUT2D eigenvalue weighted by atomic mass is 35.5. The molecule has 1 amide bonds. The molecule has 2 aliphatic carbocycles. The average Bonchev–Trinajstić information content (AvgIpc) is 3.87. The summed E-state index contributed by atoms with van der Waals surface area (Å²) in [6.45, 7) is 4.73. The lowest BCUT2D eigenvalue weighted by Gasteiger charge is -2.59. The van der Waals surface area contributed by atoms with Crippen molar-refractivity contribution in [3.8, 4) is 39.9 Å². The molecule has 0 aromatic heterocycles. The molecule has 5 aromatic rings. The summed E-state index contributed by atoms with van der Waals surface area (Å²) >= 11 is 6.17. The predicted molar refractivity (Wildman–Crippen MR) is 268 cm³/mol. The number of nitrogens with zero attached hydrogens (tertiary/aromatic N) is 2. The Morgan fingerprint density at radius 1 is 0.814 bits per heavy atom. The van der Waals surface area contributed by atoms with E-state index in [1.165, 1.54) is 0 Å². The summed E-state index contributed by atoms with van der Waals surface area (Å²) in [6.07, 6.45) is 8.05.